The van der Waals surface area contributed by atoms with Crippen molar-refractivity contribution in [2.45, 2.75) is 24.3 Å². The number of para-hydroxylation sites is 1. The topological polar surface area (TPSA) is 131 Å². The van der Waals surface area contributed by atoms with Crippen LogP contribution in [0.5, 0.6) is 11.5 Å². The molecule has 0 saturated heterocycles. The Kier molecular flexibility index (Phi) is 8.81. The zero-order valence-corrected chi connectivity index (χ0v) is 21.2. The molecule has 0 atom stereocenters. The number of carbonyl (C=O) groups excluding carboxylic acids is 1. The highest BCUT2D eigenvalue weighted by molar-refractivity contribution is 7.91. The molecule has 0 aliphatic rings. The summed E-state index contributed by atoms with van der Waals surface area (Å²) in [6.07, 6.45) is 1.40. The van der Waals surface area contributed by atoms with Crippen molar-refractivity contribution in [1.29, 1.82) is 5.26 Å². The van der Waals surface area contributed by atoms with Crippen molar-refractivity contribution >= 4 is 50.1 Å². The largest absolute Gasteiger partial charge is 0.490 e. The van der Waals surface area contributed by atoms with E-state index < -0.39 is 21.0 Å². The van der Waals surface area contributed by atoms with Gasteiger partial charge in [0.05, 0.1) is 10.3 Å². The molecule has 0 fully saturated rings. The van der Waals surface area contributed by atoms with Crippen LogP contribution in [0.3, 0.4) is 0 Å². The molecule has 0 radical (unpaired) electrons. The van der Waals surface area contributed by atoms with Crippen LogP contribution in [-0.2, 0) is 14.6 Å². The Bertz CT molecular complexity index is 1360. The second kappa shape index (κ2) is 11.8. The standard InChI is InChI=1S/C23H21ClN4O5S2/c1-15(2)35(30,31)23-27-22(34-28-23)26-21(29)17(14-25)13-16-7-9-18(10-8-16)32-11-12-33-20-6-4-3-5-19(20)24/h3-10,13,15H,11-12H2,1-2H3,(H,26,27,28,29). The fourth-order valence-corrected chi connectivity index (χ4v) is 4.49. The molecule has 0 aliphatic carbocycles. The van der Waals surface area contributed by atoms with Gasteiger partial charge in [0, 0.05) is 11.5 Å². The maximum atomic E-state index is 12.5. The van der Waals surface area contributed by atoms with Gasteiger partial charge >= 0.3 is 0 Å². The number of hydrogen-bond acceptors (Lipinski definition) is 9. The summed E-state index contributed by atoms with van der Waals surface area (Å²) in [6, 6.07) is 15.7. The van der Waals surface area contributed by atoms with Gasteiger partial charge in [-0.3, -0.25) is 10.1 Å². The predicted molar refractivity (Wildman–Crippen MR) is 133 cm³/mol. The third kappa shape index (κ3) is 7.02. The molecule has 2 aromatic carbocycles. The smallest absolute Gasteiger partial charge is 0.268 e. The number of nitrogens with zero attached hydrogens (tertiary/aromatic N) is 3. The minimum absolute atomic E-state index is 0.0156. The van der Waals surface area contributed by atoms with Crippen LogP contribution in [0.25, 0.3) is 6.08 Å². The summed E-state index contributed by atoms with van der Waals surface area (Å²) in [4.78, 5) is 16.3. The van der Waals surface area contributed by atoms with Gasteiger partial charge in [0.1, 0.15) is 36.4 Å². The van der Waals surface area contributed by atoms with Crippen LogP contribution in [0.15, 0.2) is 59.3 Å². The lowest BCUT2D eigenvalue weighted by atomic mass is 10.1. The van der Waals surface area contributed by atoms with Crippen LogP contribution < -0.4 is 14.8 Å². The summed E-state index contributed by atoms with van der Waals surface area (Å²) in [7, 11) is -3.66. The van der Waals surface area contributed by atoms with Crippen LogP contribution in [0.4, 0.5) is 5.13 Å². The number of halogens is 1. The van der Waals surface area contributed by atoms with Crippen LogP contribution >= 0.6 is 23.1 Å². The lowest BCUT2D eigenvalue weighted by molar-refractivity contribution is -0.112. The quantitative estimate of drug-likeness (QED) is 0.231. The Morgan fingerprint density at radius 3 is 2.51 bits per heavy atom. The molecule has 1 aromatic heterocycles. The molecule has 0 bridgehead atoms. The molecule has 1 heterocycles. The number of hydrogen-bond donors (Lipinski definition) is 1. The maximum absolute atomic E-state index is 12.5. The predicted octanol–water partition coefficient (Wildman–Crippen LogP) is 4.38. The fourth-order valence-electron chi connectivity index (χ4n) is 2.60. The minimum Gasteiger partial charge on any atom is -0.490 e. The van der Waals surface area contributed by atoms with E-state index in [0.717, 1.165) is 11.5 Å². The maximum Gasteiger partial charge on any atom is 0.268 e. The number of anilines is 1. The van der Waals surface area contributed by atoms with Gasteiger partial charge in [-0.05, 0) is 49.8 Å². The Morgan fingerprint density at radius 2 is 1.86 bits per heavy atom. The number of aromatic nitrogens is 2. The highest BCUT2D eigenvalue weighted by Gasteiger charge is 2.25. The van der Waals surface area contributed by atoms with E-state index in [1.807, 2.05) is 18.2 Å². The molecule has 9 nitrogen and oxygen atoms in total. The molecule has 1 N–H and O–H groups in total. The van der Waals surface area contributed by atoms with Crippen molar-refractivity contribution in [2.24, 2.45) is 0 Å². The molecule has 0 unspecified atom stereocenters. The first-order valence-electron chi connectivity index (χ1n) is 10.3. The average molecular weight is 533 g/mol. The zero-order chi connectivity index (χ0) is 25.4. The SMILES string of the molecule is CC(C)S(=O)(=O)c1nsc(NC(=O)C(C#N)=Cc2ccc(OCCOc3ccccc3Cl)cc2)n1. The number of amides is 1. The molecule has 0 spiro atoms. The number of nitrogens with one attached hydrogen (secondary N) is 1. The molecule has 3 aromatic rings. The normalized spacial score (nSPS) is 11.7. The van der Waals surface area contributed by atoms with Gasteiger partial charge in [0.25, 0.3) is 11.1 Å². The third-order valence-corrected chi connectivity index (χ3v) is 7.50. The lowest BCUT2D eigenvalue weighted by Gasteiger charge is -2.09. The molecular formula is C23H21ClN4O5S2. The molecule has 3 rings (SSSR count). The van der Waals surface area contributed by atoms with Crippen LogP contribution in [0.2, 0.25) is 5.02 Å². The lowest BCUT2D eigenvalue weighted by Crippen LogP contribution is -2.16. The Balaban J connectivity index is 1.57. The van der Waals surface area contributed by atoms with E-state index in [1.165, 1.54) is 19.9 Å². The van der Waals surface area contributed by atoms with Gasteiger partial charge in [-0.2, -0.15) is 14.6 Å². The number of nitriles is 1. The van der Waals surface area contributed by atoms with Gasteiger partial charge < -0.3 is 9.47 Å². The Morgan fingerprint density at radius 1 is 1.17 bits per heavy atom. The van der Waals surface area contributed by atoms with Gasteiger partial charge in [-0.15, -0.1) is 0 Å². The zero-order valence-electron chi connectivity index (χ0n) is 18.8. The van der Waals surface area contributed by atoms with Crippen molar-refractivity contribution < 1.29 is 22.7 Å². The van der Waals surface area contributed by atoms with E-state index in [9.17, 15) is 18.5 Å². The summed E-state index contributed by atoms with van der Waals surface area (Å²) < 4.78 is 39.3. The molecule has 35 heavy (non-hydrogen) atoms. The van der Waals surface area contributed by atoms with Crippen LogP contribution in [0, 0.1) is 11.3 Å². The number of benzene rings is 2. The molecular weight excluding hydrogens is 512 g/mol. The number of ether oxygens (including phenoxy) is 2. The van der Waals surface area contributed by atoms with Crippen LogP contribution in [-0.4, -0.2) is 42.1 Å². The summed E-state index contributed by atoms with van der Waals surface area (Å²) in [5.74, 6) is 0.432. The van der Waals surface area contributed by atoms with Crippen molar-refractivity contribution in [3.63, 3.8) is 0 Å². The summed E-state index contributed by atoms with van der Waals surface area (Å²) in [5, 5.41) is 11.3. The van der Waals surface area contributed by atoms with Gasteiger partial charge in [0.2, 0.25) is 15.0 Å². The number of carbonyl (C=O) groups is 1. The fraction of sp³-hybridized carbons (Fsp3) is 0.217. The van der Waals surface area contributed by atoms with E-state index in [1.54, 1.807) is 36.4 Å². The highest BCUT2D eigenvalue weighted by Crippen LogP contribution is 2.23. The van der Waals surface area contributed by atoms with Crippen LogP contribution in [0.1, 0.15) is 19.4 Å². The van der Waals surface area contributed by atoms with Crippen molar-refractivity contribution in [3.05, 3.63) is 64.7 Å². The van der Waals surface area contributed by atoms with E-state index in [2.05, 4.69) is 14.7 Å². The van der Waals surface area contributed by atoms with Gasteiger partial charge in [-0.25, -0.2) is 8.42 Å². The second-order valence-electron chi connectivity index (χ2n) is 7.30. The summed E-state index contributed by atoms with van der Waals surface area (Å²) >= 11 is 6.76. The Hall–Kier alpha value is -3.46. The summed E-state index contributed by atoms with van der Waals surface area (Å²) in [5.41, 5.74) is 0.409. The first-order valence-corrected chi connectivity index (χ1v) is 13.0. The van der Waals surface area contributed by atoms with E-state index in [0.29, 0.717) is 35.3 Å². The highest BCUT2D eigenvalue weighted by atomic mass is 35.5. The van der Waals surface area contributed by atoms with Crippen molar-refractivity contribution in [2.75, 3.05) is 18.5 Å². The van der Waals surface area contributed by atoms with E-state index in [-0.39, 0.29) is 15.9 Å². The first-order chi connectivity index (χ1) is 16.7. The number of sulfone groups is 1. The molecule has 1 amide bonds. The van der Waals surface area contributed by atoms with Gasteiger partial charge in [-0.1, -0.05) is 35.9 Å². The third-order valence-electron chi connectivity index (χ3n) is 4.51. The van der Waals surface area contributed by atoms with Gasteiger partial charge in [0.15, 0.2) is 0 Å². The molecule has 0 aliphatic heterocycles. The second-order valence-corrected chi connectivity index (χ2v) is 10.9. The van der Waals surface area contributed by atoms with E-state index in [4.69, 9.17) is 21.1 Å². The summed E-state index contributed by atoms with van der Waals surface area (Å²) in [6.45, 7) is 3.62. The first kappa shape index (κ1) is 26.2. The molecule has 12 heteroatoms. The average Bonchev–Trinajstić information content (AvgIpc) is 3.31. The molecule has 182 valence electrons. The van der Waals surface area contributed by atoms with Crippen molar-refractivity contribution in [1.82, 2.24) is 9.36 Å². The van der Waals surface area contributed by atoms with Crippen molar-refractivity contribution in [3.8, 4) is 17.6 Å². The monoisotopic (exact) mass is 532 g/mol. The molecule has 0 saturated carbocycles. The van der Waals surface area contributed by atoms with E-state index >= 15 is 0 Å². The number of rotatable bonds is 10. The Labute approximate surface area is 212 Å². The minimum atomic E-state index is -3.66.